The van der Waals surface area contributed by atoms with Crippen molar-refractivity contribution in [3.05, 3.63) is 64.4 Å². The molecule has 0 saturated heterocycles. The van der Waals surface area contributed by atoms with E-state index >= 15 is 0 Å². The molecule has 2 aromatic rings. The summed E-state index contributed by atoms with van der Waals surface area (Å²) < 4.78 is 86.0. The molecule has 1 amide bonds. The second kappa shape index (κ2) is 10.0. The molecule has 0 aliphatic heterocycles. The van der Waals surface area contributed by atoms with E-state index in [9.17, 15) is 35.9 Å². The Bertz CT molecular complexity index is 1280. The summed E-state index contributed by atoms with van der Waals surface area (Å²) in [4.78, 5) is 12.5. The largest absolute Gasteiger partial charge is 0.484 e. The second-order valence-electron chi connectivity index (χ2n) is 9.63. The maximum atomic E-state index is 13.5. The minimum Gasteiger partial charge on any atom is -0.484 e. The van der Waals surface area contributed by atoms with E-state index < -0.39 is 63.0 Å². The van der Waals surface area contributed by atoms with Gasteiger partial charge in [0.1, 0.15) is 11.6 Å². The number of alkyl halides is 3. The van der Waals surface area contributed by atoms with Gasteiger partial charge in [0.05, 0.1) is 28.0 Å². The number of carbonyl (C=O) groups excluding carboxylic acids is 1. The lowest BCUT2D eigenvalue weighted by atomic mass is 9.60. The van der Waals surface area contributed by atoms with Gasteiger partial charge in [-0.15, -0.1) is 0 Å². The molecule has 0 spiro atoms. The first-order valence-electron chi connectivity index (χ1n) is 11.5. The van der Waals surface area contributed by atoms with Crippen molar-refractivity contribution in [1.29, 1.82) is 0 Å². The van der Waals surface area contributed by atoms with Crippen molar-refractivity contribution in [3.8, 4) is 5.75 Å². The summed E-state index contributed by atoms with van der Waals surface area (Å²) in [7, 11) is -4.09. The number of aliphatic hydroxyl groups is 1. The predicted octanol–water partition coefficient (Wildman–Crippen LogP) is 3.93. The lowest BCUT2D eigenvalue weighted by Crippen LogP contribution is -2.70. The molecule has 2 aromatic carbocycles. The molecule has 5 rings (SSSR count). The summed E-state index contributed by atoms with van der Waals surface area (Å²) in [6.45, 7) is -0.395. The molecular formula is C24H25ClF4N2O5S. The maximum absolute atomic E-state index is 13.5. The fraction of sp³-hybridized carbons (Fsp3) is 0.458. The van der Waals surface area contributed by atoms with E-state index in [4.69, 9.17) is 16.3 Å². The van der Waals surface area contributed by atoms with Crippen molar-refractivity contribution in [2.24, 2.45) is 0 Å². The summed E-state index contributed by atoms with van der Waals surface area (Å²) in [6.07, 6.45) is -4.45. The van der Waals surface area contributed by atoms with Crippen molar-refractivity contribution < 1.29 is 40.6 Å². The van der Waals surface area contributed by atoms with Crippen LogP contribution in [0.2, 0.25) is 5.02 Å². The number of fused-ring (bicyclic) bond motifs is 3. The van der Waals surface area contributed by atoms with Crippen LogP contribution in [0, 0.1) is 5.82 Å². The number of amides is 1. The highest BCUT2D eigenvalue weighted by Gasteiger charge is 2.56. The Morgan fingerprint density at radius 3 is 2.46 bits per heavy atom. The van der Waals surface area contributed by atoms with Crippen LogP contribution in [0.4, 0.5) is 17.6 Å². The molecule has 3 saturated carbocycles. The number of nitrogens with one attached hydrogen (secondary N) is 2. The second-order valence-corrected chi connectivity index (χ2v) is 11.8. The molecule has 0 radical (unpaired) electrons. The first kappa shape index (κ1) is 27.6. The van der Waals surface area contributed by atoms with Gasteiger partial charge in [0.25, 0.3) is 5.91 Å². The minimum atomic E-state index is -4.60. The van der Waals surface area contributed by atoms with Crippen LogP contribution in [0.5, 0.6) is 5.75 Å². The predicted molar refractivity (Wildman–Crippen MR) is 127 cm³/mol. The third-order valence-electron chi connectivity index (χ3n) is 6.96. The average molecular weight is 565 g/mol. The number of benzene rings is 2. The molecular weight excluding hydrogens is 540 g/mol. The van der Waals surface area contributed by atoms with Crippen LogP contribution < -0.4 is 14.8 Å². The van der Waals surface area contributed by atoms with Gasteiger partial charge in [-0.2, -0.15) is 13.2 Å². The van der Waals surface area contributed by atoms with Crippen molar-refractivity contribution in [2.45, 2.75) is 61.2 Å². The van der Waals surface area contributed by atoms with Crippen LogP contribution in [-0.2, 0) is 26.7 Å². The lowest BCUT2D eigenvalue weighted by Gasteiger charge is -2.56. The van der Waals surface area contributed by atoms with Crippen LogP contribution >= 0.6 is 11.6 Å². The Balaban J connectivity index is 1.36. The summed E-state index contributed by atoms with van der Waals surface area (Å²) in [5.41, 5.74) is -2.91. The van der Waals surface area contributed by atoms with Gasteiger partial charge < -0.3 is 15.2 Å². The number of ether oxygens (including phenoxy) is 1. The van der Waals surface area contributed by atoms with Gasteiger partial charge >= 0.3 is 6.18 Å². The summed E-state index contributed by atoms with van der Waals surface area (Å²) in [5.74, 6) is -1.72. The lowest BCUT2D eigenvalue weighted by molar-refractivity contribution is -0.137. The molecule has 0 unspecified atom stereocenters. The monoisotopic (exact) mass is 564 g/mol. The Morgan fingerprint density at radius 2 is 1.84 bits per heavy atom. The molecule has 3 fully saturated rings. The normalized spacial score (nSPS) is 25.6. The SMILES string of the molecule is O=C(COc1ccc(Cl)c(F)c1)NC12CCC(NS(=O)(=O)Cc3cccc(C(F)(F)F)c3)(CC1)[C@@H](O)C2. The van der Waals surface area contributed by atoms with Crippen molar-refractivity contribution in [1.82, 2.24) is 10.0 Å². The van der Waals surface area contributed by atoms with E-state index in [1.54, 1.807) is 0 Å². The van der Waals surface area contributed by atoms with Gasteiger partial charge in [0.15, 0.2) is 6.61 Å². The van der Waals surface area contributed by atoms with Gasteiger partial charge in [-0.25, -0.2) is 17.5 Å². The standard InChI is InChI=1S/C24H25ClF4N2O5S/c25-18-5-4-17(11-19(18)26)36-13-21(33)30-22-6-8-23(9-7-22,20(32)12-22)31-37(34,35)14-15-2-1-3-16(10-15)24(27,28)29/h1-5,10-11,20,31-32H,6-9,12-14H2,(H,30,33)/t20-,22?,23?/m0/s1. The van der Waals surface area contributed by atoms with E-state index in [1.165, 1.54) is 18.2 Å². The Morgan fingerprint density at radius 1 is 1.14 bits per heavy atom. The number of hydrogen-bond donors (Lipinski definition) is 3. The molecule has 3 aliphatic carbocycles. The van der Waals surface area contributed by atoms with Crippen molar-refractivity contribution in [3.63, 3.8) is 0 Å². The number of hydrogen-bond acceptors (Lipinski definition) is 5. The highest BCUT2D eigenvalue weighted by Crippen LogP contribution is 2.47. The van der Waals surface area contributed by atoms with Crippen molar-refractivity contribution in [2.75, 3.05) is 6.61 Å². The number of aliphatic hydroxyl groups excluding tert-OH is 1. The Kier molecular flexibility index (Phi) is 7.50. The zero-order valence-electron chi connectivity index (χ0n) is 19.4. The highest BCUT2D eigenvalue weighted by atomic mass is 35.5. The third kappa shape index (κ3) is 6.36. The van der Waals surface area contributed by atoms with Crippen LogP contribution in [0.25, 0.3) is 0 Å². The molecule has 202 valence electrons. The minimum absolute atomic E-state index is 0.0259. The van der Waals surface area contributed by atoms with Crippen LogP contribution in [-0.4, -0.2) is 43.2 Å². The van der Waals surface area contributed by atoms with Gasteiger partial charge in [-0.05, 0) is 55.9 Å². The van der Waals surface area contributed by atoms with Gasteiger partial charge in [0, 0.05) is 11.6 Å². The molecule has 1 atom stereocenters. The number of carbonyl (C=O) groups is 1. The molecule has 0 heterocycles. The van der Waals surface area contributed by atoms with E-state index in [2.05, 4.69) is 10.0 Å². The fourth-order valence-corrected chi connectivity index (χ4v) is 6.84. The zero-order valence-corrected chi connectivity index (χ0v) is 21.0. The summed E-state index contributed by atoms with van der Waals surface area (Å²) >= 11 is 5.62. The Hall–Kier alpha value is -2.41. The quantitative estimate of drug-likeness (QED) is 0.422. The first-order chi connectivity index (χ1) is 17.2. The van der Waals surface area contributed by atoms with Crippen LogP contribution in [0.1, 0.15) is 43.2 Å². The highest BCUT2D eigenvalue weighted by molar-refractivity contribution is 7.88. The van der Waals surface area contributed by atoms with E-state index in [1.807, 2.05) is 0 Å². The molecule has 3 N–H and O–H groups in total. The number of halogens is 5. The van der Waals surface area contributed by atoms with Crippen LogP contribution in [0.15, 0.2) is 42.5 Å². The smallest absolute Gasteiger partial charge is 0.416 e. The molecule has 2 bridgehead atoms. The number of sulfonamides is 1. The molecule has 3 aliphatic rings. The molecule has 0 aromatic heterocycles. The molecule has 7 nitrogen and oxygen atoms in total. The van der Waals surface area contributed by atoms with Gasteiger partial charge in [-0.3, -0.25) is 4.79 Å². The van der Waals surface area contributed by atoms with E-state index in [-0.39, 0.29) is 35.6 Å². The zero-order chi connectivity index (χ0) is 27.1. The Labute approximate surface area is 216 Å². The molecule has 13 heteroatoms. The third-order valence-corrected chi connectivity index (χ3v) is 8.69. The van der Waals surface area contributed by atoms with Crippen molar-refractivity contribution >= 4 is 27.5 Å². The maximum Gasteiger partial charge on any atom is 0.416 e. The first-order valence-corrected chi connectivity index (χ1v) is 13.5. The summed E-state index contributed by atoms with van der Waals surface area (Å²) in [6, 6.07) is 7.87. The van der Waals surface area contributed by atoms with Crippen LogP contribution in [0.3, 0.4) is 0 Å². The van der Waals surface area contributed by atoms with Gasteiger partial charge in [0.2, 0.25) is 10.0 Å². The molecule has 37 heavy (non-hydrogen) atoms. The average Bonchev–Trinajstić information content (AvgIpc) is 2.80. The number of rotatable bonds is 8. The van der Waals surface area contributed by atoms with E-state index in [0.717, 1.165) is 24.3 Å². The topological polar surface area (TPSA) is 105 Å². The fourth-order valence-electron chi connectivity index (χ4n) is 5.07. The summed E-state index contributed by atoms with van der Waals surface area (Å²) in [5, 5.41) is 13.6. The van der Waals surface area contributed by atoms with E-state index in [0.29, 0.717) is 12.8 Å². The van der Waals surface area contributed by atoms with Gasteiger partial charge in [-0.1, -0.05) is 29.8 Å².